The number of nitrogens with zero attached hydrogens (tertiary/aromatic N) is 3. The molecule has 0 spiro atoms. The van der Waals surface area contributed by atoms with Gasteiger partial charge in [-0.1, -0.05) is 12.1 Å². The van der Waals surface area contributed by atoms with E-state index in [9.17, 15) is 17.6 Å². The van der Waals surface area contributed by atoms with E-state index in [1.54, 1.807) is 19.1 Å². The van der Waals surface area contributed by atoms with Gasteiger partial charge in [0.2, 0.25) is 5.78 Å². The molecule has 1 aromatic carbocycles. The summed E-state index contributed by atoms with van der Waals surface area (Å²) in [5, 5.41) is 0. The second-order valence-electron chi connectivity index (χ2n) is 5.15. The van der Waals surface area contributed by atoms with Crippen LogP contribution in [-0.2, 0) is 6.18 Å². The molecule has 1 unspecified atom stereocenters. The Bertz CT molecular complexity index is 868. The highest BCUT2D eigenvalue weighted by Crippen LogP contribution is 2.29. The molecule has 8 heteroatoms. The fourth-order valence-corrected chi connectivity index (χ4v) is 2.30. The van der Waals surface area contributed by atoms with Crippen LogP contribution in [0.3, 0.4) is 0 Å². The summed E-state index contributed by atoms with van der Waals surface area (Å²) in [4.78, 5) is 7.34. The molecule has 4 nitrogen and oxygen atoms in total. The molecule has 0 aliphatic carbocycles. The number of fused-ring (bicyclic) bond motifs is 1. The molecule has 0 saturated heterocycles. The van der Waals surface area contributed by atoms with E-state index in [4.69, 9.17) is 5.73 Å². The first-order chi connectivity index (χ1) is 10.8. The molecule has 120 valence electrons. The Morgan fingerprint density at radius 2 is 1.96 bits per heavy atom. The molecule has 2 aromatic heterocycles. The van der Waals surface area contributed by atoms with Crippen molar-refractivity contribution in [3.8, 4) is 11.3 Å². The summed E-state index contributed by atoms with van der Waals surface area (Å²) < 4.78 is 53.4. The zero-order valence-electron chi connectivity index (χ0n) is 12.0. The Hall–Kier alpha value is -2.48. The van der Waals surface area contributed by atoms with Crippen molar-refractivity contribution in [3.63, 3.8) is 0 Å². The molecule has 1 atom stereocenters. The van der Waals surface area contributed by atoms with Gasteiger partial charge in [0.05, 0.1) is 11.9 Å². The first-order valence-corrected chi connectivity index (χ1v) is 6.74. The molecule has 0 saturated carbocycles. The fraction of sp³-hybridized carbons (Fsp3) is 0.200. The second kappa shape index (κ2) is 5.31. The molecule has 23 heavy (non-hydrogen) atoms. The van der Waals surface area contributed by atoms with Crippen LogP contribution in [0.2, 0.25) is 0 Å². The van der Waals surface area contributed by atoms with Gasteiger partial charge in [-0.05, 0) is 19.1 Å². The summed E-state index contributed by atoms with van der Waals surface area (Å²) in [6.07, 6.45) is -1.98. The van der Waals surface area contributed by atoms with Crippen molar-refractivity contribution in [3.05, 3.63) is 53.7 Å². The lowest BCUT2D eigenvalue weighted by Gasteiger charge is -2.09. The maximum Gasteiger partial charge on any atom is 0.433 e. The third kappa shape index (κ3) is 2.77. The number of imidazole rings is 1. The summed E-state index contributed by atoms with van der Waals surface area (Å²) in [5.41, 5.74) is 5.91. The lowest BCUT2D eigenvalue weighted by molar-refractivity contribution is -0.141. The predicted molar refractivity (Wildman–Crippen MR) is 76.0 cm³/mol. The monoisotopic (exact) mass is 324 g/mol. The molecular weight excluding hydrogens is 312 g/mol. The number of rotatable bonds is 2. The van der Waals surface area contributed by atoms with Gasteiger partial charge in [0, 0.05) is 23.4 Å². The van der Waals surface area contributed by atoms with Gasteiger partial charge in [0.1, 0.15) is 11.5 Å². The number of hydrogen-bond acceptors (Lipinski definition) is 3. The maximum absolute atomic E-state index is 14.0. The highest BCUT2D eigenvalue weighted by Gasteiger charge is 2.33. The zero-order valence-corrected chi connectivity index (χ0v) is 12.0. The van der Waals surface area contributed by atoms with Gasteiger partial charge in [-0.25, -0.2) is 14.4 Å². The van der Waals surface area contributed by atoms with E-state index in [2.05, 4.69) is 9.97 Å². The second-order valence-corrected chi connectivity index (χ2v) is 5.15. The molecule has 0 amide bonds. The molecule has 2 heterocycles. The Morgan fingerprint density at radius 3 is 2.57 bits per heavy atom. The van der Waals surface area contributed by atoms with Gasteiger partial charge in [-0.2, -0.15) is 13.2 Å². The van der Waals surface area contributed by atoms with Crippen molar-refractivity contribution in [2.45, 2.75) is 19.1 Å². The molecule has 0 aliphatic rings. The maximum atomic E-state index is 14.0. The van der Waals surface area contributed by atoms with Crippen molar-refractivity contribution in [1.82, 2.24) is 14.4 Å². The molecular formula is C15H12F4N4. The lowest BCUT2D eigenvalue weighted by atomic mass is 10.0. The molecule has 0 radical (unpaired) electrons. The van der Waals surface area contributed by atoms with E-state index in [1.165, 1.54) is 22.9 Å². The third-order valence-electron chi connectivity index (χ3n) is 3.46. The van der Waals surface area contributed by atoms with Crippen LogP contribution in [0, 0.1) is 5.82 Å². The summed E-state index contributed by atoms with van der Waals surface area (Å²) in [6, 6.07) is 4.86. The van der Waals surface area contributed by atoms with E-state index in [-0.39, 0.29) is 5.78 Å². The number of benzene rings is 1. The topological polar surface area (TPSA) is 56.2 Å². The van der Waals surface area contributed by atoms with E-state index in [1.807, 2.05) is 0 Å². The largest absolute Gasteiger partial charge is 0.433 e. The lowest BCUT2D eigenvalue weighted by Crippen LogP contribution is -2.09. The fourth-order valence-electron chi connectivity index (χ4n) is 2.30. The van der Waals surface area contributed by atoms with Crippen LogP contribution < -0.4 is 5.73 Å². The van der Waals surface area contributed by atoms with Gasteiger partial charge in [-0.3, -0.25) is 4.40 Å². The van der Waals surface area contributed by atoms with Crippen LogP contribution in [0.15, 0.2) is 36.7 Å². The molecule has 3 aromatic rings. The minimum atomic E-state index is -4.54. The van der Waals surface area contributed by atoms with Crippen LogP contribution in [0.25, 0.3) is 17.0 Å². The minimum absolute atomic E-state index is 0.105. The van der Waals surface area contributed by atoms with E-state index in [0.717, 1.165) is 6.07 Å². The smallest absolute Gasteiger partial charge is 0.324 e. The summed E-state index contributed by atoms with van der Waals surface area (Å²) >= 11 is 0. The Balaban J connectivity index is 2.09. The van der Waals surface area contributed by atoms with Crippen LogP contribution in [0.1, 0.15) is 24.2 Å². The van der Waals surface area contributed by atoms with Crippen LogP contribution in [0.4, 0.5) is 17.6 Å². The third-order valence-corrected chi connectivity index (χ3v) is 3.46. The van der Waals surface area contributed by atoms with E-state index < -0.39 is 23.7 Å². The van der Waals surface area contributed by atoms with E-state index in [0.29, 0.717) is 16.8 Å². The average Bonchev–Trinajstić information content (AvgIpc) is 2.88. The average molecular weight is 324 g/mol. The van der Waals surface area contributed by atoms with E-state index >= 15 is 0 Å². The first-order valence-electron chi connectivity index (χ1n) is 6.74. The molecule has 0 bridgehead atoms. The summed E-state index contributed by atoms with van der Waals surface area (Å²) in [5.74, 6) is -0.584. The Kier molecular flexibility index (Phi) is 3.56. The Labute approximate surface area is 128 Å². The molecule has 3 rings (SSSR count). The van der Waals surface area contributed by atoms with Gasteiger partial charge in [0.15, 0.2) is 0 Å². The zero-order chi connectivity index (χ0) is 16.8. The van der Waals surface area contributed by atoms with Gasteiger partial charge in [0.25, 0.3) is 0 Å². The van der Waals surface area contributed by atoms with Crippen molar-refractivity contribution >= 4 is 5.78 Å². The van der Waals surface area contributed by atoms with Crippen molar-refractivity contribution < 1.29 is 17.6 Å². The Morgan fingerprint density at radius 1 is 1.22 bits per heavy atom. The molecule has 0 aliphatic heterocycles. The number of nitrogens with two attached hydrogens (primary N) is 1. The van der Waals surface area contributed by atoms with Crippen molar-refractivity contribution in [2.24, 2.45) is 5.73 Å². The normalized spacial score (nSPS) is 13.5. The predicted octanol–water partition coefficient (Wildman–Crippen LogP) is 3.57. The molecule has 0 fully saturated rings. The highest BCUT2D eigenvalue weighted by atomic mass is 19.4. The minimum Gasteiger partial charge on any atom is -0.324 e. The SMILES string of the molecule is CC(N)c1ccc(-c2cnc3nc(C(F)(F)F)ccn23)cc1F. The first kappa shape index (κ1) is 15.4. The van der Waals surface area contributed by atoms with Crippen LogP contribution in [0.5, 0.6) is 0 Å². The van der Waals surface area contributed by atoms with Crippen LogP contribution >= 0.6 is 0 Å². The molecule has 2 N–H and O–H groups in total. The van der Waals surface area contributed by atoms with Gasteiger partial charge >= 0.3 is 6.18 Å². The quantitative estimate of drug-likeness (QED) is 0.733. The summed E-state index contributed by atoms with van der Waals surface area (Å²) in [6.45, 7) is 1.66. The van der Waals surface area contributed by atoms with Gasteiger partial charge < -0.3 is 5.73 Å². The van der Waals surface area contributed by atoms with Crippen molar-refractivity contribution in [1.29, 1.82) is 0 Å². The van der Waals surface area contributed by atoms with Crippen LogP contribution in [-0.4, -0.2) is 14.4 Å². The number of alkyl halides is 3. The number of hydrogen-bond donors (Lipinski definition) is 1. The highest BCUT2D eigenvalue weighted by molar-refractivity contribution is 5.63. The standard InChI is InChI=1S/C15H12F4N4/c1-8(20)10-3-2-9(6-11(10)16)12-7-21-14-22-13(15(17,18)19)4-5-23(12)14/h2-8H,20H2,1H3. The number of halogens is 4. The number of aromatic nitrogens is 3. The van der Waals surface area contributed by atoms with Crippen molar-refractivity contribution in [2.75, 3.05) is 0 Å². The van der Waals surface area contributed by atoms with Gasteiger partial charge in [-0.15, -0.1) is 0 Å². The summed E-state index contributed by atoms with van der Waals surface area (Å²) in [7, 11) is 0.